The van der Waals surface area contributed by atoms with Gasteiger partial charge in [0.25, 0.3) is 0 Å². The maximum absolute atomic E-state index is 13.0. The van der Waals surface area contributed by atoms with Gasteiger partial charge in [-0.3, -0.25) is 9.69 Å². The summed E-state index contributed by atoms with van der Waals surface area (Å²) in [5, 5.41) is 9.44. The highest BCUT2D eigenvalue weighted by Gasteiger charge is 2.62. The zero-order valence-electron chi connectivity index (χ0n) is 10.0. The molecule has 0 aromatic heterocycles. The number of methoxy groups -OCH3 is 1. The fourth-order valence-electron chi connectivity index (χ4n) is 3.15. The molecule has 7 heteroatoms. The van der Waals surface area contributed by atoms with Gasteiger partial charge in [0.1, 0.15) is 11.6 Å². The van der Waals surface area contributed by atoms with Gasteiger partial charge in [0.15, 0.2) is 5.78 Å². The summed E-state index contributed by atoms with van der Waals surface area (Å²) in [5.41, 5.74) is -1.52. The highest BCUT2D eigenvalue weighted by Crippen LogP contribution is 2.45. The number of Topliss-reactive ketones (excluding diaryl/α,β-unsaturated/α-hetero) is 1. The van der Waals surface area contributed by atoms with Crippen LogP contribution in [0.2, 0.25) is 0 Å². The molecule has 0 radical (unpaired) electrons. The monoisotopic (exact) mass is 267 g/mol. The molecule has 3 aliphatic rings. The SMILES string of the molecule is COCC1(CO)C(=O)C2CCN1C(C(F)(F)F)C2. The van der Waals surface area contributed by atoms with Gasteiger partial charge < -0.3 is 9.84 Å². The number of ether oxygens (including phenoxy) is 1. The number of halogens is 3. The predicted octanol–water partition coefficient (Wildman–Crippen LogP) is 0.590. The minimum Gasteiger partial charge on any atom is -0.394 e. The second-order valence-electron chi connectivity index (χ2n) is 4.96. The number of alkyl halides is 3. The quantitative estimate of drug-likeness (QED) is 0.813. The summed E-state index contributed by atoms with van der Waals surface area (Å²) in [6.07, 6.45) is -4.15. The Morgan fingerprint density at radius 1 is 1.56 bits per heavy atom. The van der Waals surface area contributed by atoms with Gasteiger partial charge in [0.05, 0.1) is 13.2 Å². The summed E-state index contributed by atoms with van der Waals surface area (Å²) in [6, 6.07) is -1.66. The van der Waals surface area contributed by atoms with Crippen LogP contribution >= 0.6 is 0 Å². The maximum Gasteiger partial charge on any atom is 0.404 e. The van der Waals surface area contributed by atoms with Gasteiger partial charge >= 0.3 is 6.18 Å². The number of carbonyl (C=O) groups excluding carboxylic acids is 1. The van der Waals surface area contributed by atoms with E-state index in [0.29, 0.717) is 6.42 Å². The fraction of sp³-hybridized carbons (Fsp3) is 0.909. The first kappa shape index (κ1) is 13.8. The zero-order chi connectivity index (χ0) is 13.6. The molecule has 0 spiro atoms. The van der Waals surface area contributed by atoms with E-state index in [-0.39, 0.29) is 25.4 Å². The maximum atomic E-state index is 13.0. The Morgan fingerprint density at radius 2 is 2.22 bits per heavy atom. The van der Waals surface area contributed by atoms with Crippen LogP contribution in [0.15, 0.2) is 0 Å². The molecular weight excluding hydrogens is 251 g/mol. The van der Waals surface area contributed by atoms with Crippen LogP contribution in [0.3, 0.4) is 0 Å². The number of rotatable bonds is 3. The number of piperidine rings is 3. The van der Waals surface area contributed by atoms with Crippen molar-refractivity contribution >= 4 is 5.78 Å². The fourth-order valence-corrected chi connectivity index (χ4v) is 3.15. The van der Waals surface area contributed by atoms with Gasteiger partial charge in [-0.1, -0.05) is 0 Å². The predicted molar refractivity (Wildman–Crippen MR) is 56.0 cm³/mol. The third kappa shape index (κ3) is 1.85. The van der Waals surface area contributed by atoms with Gasteiger partial charge in [-0.25, -0.2) is 0 Å². The first-order valence-corrected chi connectivity index (χ1v) is 5.84. The van der Waals surface area contributed by atoms with Crippen molar-refractivity contribution in [3.05, 3.63) is 0 Å². The lowest BCUT2D eigenvalue weighted by Crippen LogP contribution is -2.74. The van der Waals surface area contributed by atoms with Crippen LogP contribution in [-0.2, 0) is 9.53 Å². The number of carbonyl (C=O) groups is 1. The molecule has 1 N–H and O–H groups in total. The summed E-state index contributed by atoms with van der Waals surface area (Å²) < 4.78 is 43.8. The number of ketones is 1. The molecule has 3 rings (SSSR count). The van der Waals surface area contributed by atoms with Crippen LogP contribution in [0.25, 0.3) is 0 Å². The molecule has 0 amide bonds. The van der Waals surface area contributed by atoms with E-state index in [4.69, 9.17) is 4.74 Å². The van der Waals surface area contributed by atoms with E-state index in [1.165, 1.54) is 7.11 Å². The smallest absolute Gasteiger partial charge is 0.394 e. The zero-order valence-corrected chi connectivity index (χ0v) is 10.0. The van der Waals surface area contributed by atoms with E-state index in [2.05, 4.69) is 0 Å². The van der Waals surface area contributed by atoms with Crippen LogP contribution in [0.4, 0.5) is 13.2 Å². The van der Waals surface area contributed by atoms with Crippen molar-refractivity contribution in [3.8, 4) is 0 Å². The van der Waals surface area contributed by atoms with Crippen LogP contribution in [0.1, 0.15) is 12.8 Å². The van der Waals surface area contributed by atoms with E-state index in [1.807, 2.05) is 0 Å². The average molecular weight is 267 g/mol. The normalized spacial score (nSPS) is 40.3. The second kappa shape index (κ2) is 4.47. The molecular formula is C11H16F3NO3. The van der Waals surface area contributed by atoms with E-state index in [1.54, 1.807) is 0 Å². The van der Waals surface area contributed by atoms with Crippen molar-refractivity contribution in [2.45, 2.75) is 30.6 Å². The molecule has 3 saturated heterocycles. The summed E-state index contributed by atoms with van der Waals surface area (Å²) in [7, 11) is 1.32. The lowest BCUT2D eigenvalue weighted by molar-refractivity contribution is -0.234. The standard InChI is InChI=1S/C11H16F3NO3/c1-18-6-10(5-16)9(17)7-2-3-15(10)8(4-7)11(12,13)14/h7-8,16H,2-6H2,1H3. The van der Waals surface area contributed by atoms with Gasteiger partial charge in [-0.15, -0.1) is 0 Å². The number of aliphatic hydroxyl groups excluding tert-OH is 1. The molecule has 0 aliphatic carbocycles. The molecule has 104 valence electrons. The number of fused-ring (bicyclic) bond motifs is 3. The molecule has 0 aromatic rings. The largest absolute Gasteiger partial charge is 0.404 e. The Hall–Kier alpha value is -0.660. The molecule has 0 aromatic carbocycles. The summed E-state index contributed by atoms with van der Waals surface area (Å²) in [5.74, 6) is -0.942. The van der Waals surface area contributed by atoms with Gasteiger partial charge in [-0.2, -0.15) is 13.2 Å². The lowest BCUT2D eigenvalue weighted by Gasteiger charge is -2.55. The van der Waals surface area contributed by atoms with Crippen LogP contribution in [0.5, 0.6) is 0 Å². The average Bonchev–Trinajstić information content (AvgIpc) is 2.32. The molecule has 4 nitrogen and oxygen atoms in total. The van der Waals surface area contributed by atoms with Crippen molar-refractivity contribution in [1.29, 1.82) is 0 Å². The first-order valence-electron chi connectivity index (χ1n) is 5.84. The van der Waals surface area contributed by atoms with Crippen LogP contribution < -0.4 is 0 Å². The van der Waals surface area contributed by atoms with Crippen molar-refractivity contribution in [1.82, 2.24) is 4.90 Å². The number of aliphatic hydroxyl groups is 1. The molecule has 3 aliphatic heterocycles. The van der Waals surface area contributed by atoms with E-state index in [9.17, 15) is 23.1 Å². The minimum absolute atomic E-state index is 0.171. The molecule has 0 saturated carbocycles. The highest BCUT2D eigenvalue weighted by molar-refractivity contribution is 5.92. The number of nitrogens with zero attached hydrogens (tertiary/aromatic N) is 1. The molecule has 18 heavy (non-hydrogen) atoms. The van der Waals surface area contributed by atoms with Gasteiger partial charge in [-0.05, 0) is 12.8 Å². The van der Waals surface area contributed by atoms with Crippen LogP contribution in [0, 0.1) is 5.92 Å². The van der Waals surface area contributed by atoms with Crippen LogP contribution in [-0.4, -0.2) is 60.4 Å². The Morgan fingerprint density at radius 3 is 2.72 bits per heavy atom. The Bertz CT molecular complexity index is 347. The van der Waals surface area contributed by atoms with Crippen molar-refractivity contribution in [3.63, 3.8) is 0 Å². The summed E-state index contributed by atoms with van der Waals surface area (Å²) >= 11 is 0. The third-order valence-corrected chi connectivity index (χ3v) is 4.00. The summed E-state index contributed by atoms with van der Waals surface area (Å²) in [4.78, 5) is 13.2. The highest BCUT2D eigenvalue weighted by atomic mass is 19.4. The Kier molecular flexibility index (Phi) is 3.42. The lowest BCUT2D eigenvalue weighted by atomic mass is 9.70. The minimum atomic E-state index is -4.38. The van der Waals surface area contributed by atoms with E-state index >= 15 is 0 Å². The topological polar surface area (TPSA) is 49.8 Å². The molecule has 3 fully saturated rings. The Labute approximate surface area is 103 Å². The summed E-state index contributed by atoms with van der Waals surface area (Å²) in [6.45, 7) is -0.668. The number of hydrogen-bond donors (Lipinski definition) is 1. The molecule has 2 bridgehead atoms. The molecule has 4 atom stereocenters. The third-order valence-electron chi connectivity index (χ3n) is 4.00. The van der Waals surface area contributed by atoms with E-state index in [0.717, 1.165) is 4.90 Å². The first-order chi connectivity index (χ1) is 8.36. The molecule has 3 heterocycles. The van der Waals surface area contributed by atoms with Gasteiger partial charge in [0, 0.05) is 19.6 Å². The van der Waals surface area contributed by atoms with Crippen molar-refractivity contribution in [2.24, 2.45) is 5.92 Å². The van der Waals surface area contributed by atoms with Gasteiger partial charge in [0.2, 0.25) is 0 Å². The Balaban J connectivity index is 2.37. The molecule has 4 unspecified atom stereocenters. The van der Waals surface area contributed by atoms with E-state index < -0.39 is 30.3 Å². The van der Waals surface area contributed by atoms with Crippen molar-refractivity contribution in [2.75, 3.05) is 26.9 Å². The van der Waals surface area contributed by atoms with Crippen molar-refractivity contribution < 1.29 is 27.8 Å². The number of hydrogen-bond acceptors (Lipinski definition) is 4. The second-order valence-corrected chi connectivity index (χ2v) is 4.96.